The molecule has 0 unspecified atom stereocenters. The number of carbonyl (C=O) groups excluding carboxylic acids is 1. The van der Waals surface area contributed by atoms with Crippen LogP contribution in [-0.4, -0.2) is 46.3 Å². The van der Waals surface area contributed by atoms with Crippen molar-refractivity contribution in [3.8, 4) is 17.1 Å². The van der Waals surface area contributed by atoms with Crippen LogP contribution in [0.3, 0.4) is 0 Å². The normalized spacial score (nSPS) is 17.1. The lowest BCUT2D eigenvalue weighted by atomic mass is 10.0. The van der Waals surface area contributed by atoms with Gasteiger partial charge in [-0.3, -0.25) is 4.79 Å². The fraction of sp³-hybridized carbons (Fsp3) is 0.440. The minimum absolute atomic E-state index is 0.113. The van der Waals surface area contributed by atoms with Crippen molar-refractivity contribution in [3.63, 3.8) is 0 Å². The van der Waals surface area contributed by atoms with Gasteiger partial charge in [-0.1, -0.05) is 18.6 Å². The predicted octanol–water partition coefficient (Wildman–Crippen LogP) is 4.74. The van der Waals surface area contributed by atoms with E-state index in [1.807, 2.05) is 32.0 Å². The summed E-state index contributed by atoms with van der Waals surface area (Å²) in [7, 11) is 0. The molecule has 1 N–H and O–H groups in total. The summed E-state index contributed by atoms with van der Waals surface area (Å²) in [5.74, 6) is 0.537. The van der Waals surface area contributed by atoms with Gasteiger partial charge in [-0.25, -0.2) is 4.68 Å². The van der Waals surface area contributed by atoms with Gasteiger partial charge in [0.05, 0.1) is 12.0 Å². The highest BCUT2D eigenvalue weighted by atomic mass is 16.3. The van der Waals surface area contributed by atoms with Crippen molar-refractivity contribution in [1.29, 1.82) is 0 Å². The maximum absolute atomic E-state index is 13.1. The van der Waals surface area contributed by atoms with Gasteiger partial charge in [0.15, 0.2) is 5.76 Å². The molecule has 1 saturated heterocycles. The minimum Gasteiger partial charge on any atom is -0.463 e. The van der Waals surface area contributed by atoms with Crippen molar-refractivity contribution in [2.45, 2.75) is 52.5 Å². The smallest absolute Gasteiger partial charge is 0.270 e. The molecule has 0 spiro atoms. The highest BCUT2D eigenvalue weighted by Gasteiger charge is 2.21. The number of benzene rings is 1. The summed E-state index contributed by atoms with van der Waals surface area (Å²) in [5.41, 5.74) is 4.26. The topological polar surface area (TPSA) is 63.3 Å². The van der Waals surface area contributed by atoms with Crippen LogP contribution in [0.25, 0.3) is 17.1 Å². The number of nitrogens with zero attached hydrogens (tertiary/aromatic N) is 3. The minimum atomic E-state index is -0.113. The molecule has 31 heavy (non-hydrogen) atoms. The third-order valence-corrected chi connectivity index (χ3v) is 6.16. The first-order chi connectivity index (χ1) is 15.0. The highest BCUT2D eigenvalue weighted by molar-refractivity contribution is 5.94. The lowest BCUT2D eigenvalue weighted by Crippen LogP contribution is -2.39. The van der Waals surface area contributed by atoms with Gasteiger partial charge in [0.2, 0.25) is 0 Å². The van der Waals surface area contributed by atoms with E-state index >= 15 is 0 Å². The average molecular weight is 421 g/mol. The summed E-state index contributed by atoms with van der Waals surface area (Å²) in [4.78, 5) is 15.7. The van der Waals surface area contributed by atoms with Gasteiger partial charge in [0.1, 0.15) is 11.4 Å². The number of piperidine rings is 1. The number of hydrogen-bond acceptors (Lipinski definition) is 4. The Morgan fingerprint density at radius 3 is 2.87 bits per heavy atom. The van der Waals surface area contributed by atoms with Crippen LogP contribution >= 0.6 is 0 Å². The standard InChI is InChI=1S/C25H32N4O2/c1-18-10-11-19(2)22(16-18)29-23(17-21(27-29)24-9-6-15-31-24)25(30)26-12-7-14-28-13-5-4-8-20(28)3/h6,9-11,15-17,20H,4-5,7-8,12-14H2,1-3H3,(H,26,30)/t20-/m0/s1. The summed E-state index contributed by atoms with van der Waals surface area (Å²) < 4.78 is 7.26. The maximum Gasteiger partial charge on any atom is 0.270 e. The van der Waals surface area contributed by atoms with Gasteiger partial charge in [-0.2, -0.15) is 5.10 Å². The van der Waals surface area contributed by atoms with E-state index in [2.05, 4.69) is 35.3 Å². The molecule has 0 radical (unpaired) electrons. The zero-order valence-corrected chi connectivity index (χ0v) is 18.7. The summed E-state index contributed by atoms with van der Waals surface area (Å²) >= 11 is 0. The molecule has 6 heteroatoms. The molecule has 1 fully saturated rings. The quantitative estimate of drug-likeness (QED) is 0.561. The second-order valence-electron chi connectivity index (χ2n) is 8.58. The molecule has 1 aromatic carbocycles. The first-order valence-corrected chi connectivity index (χ1v) is 11.3. The molecule has 3 aromatic rings. The van der Waals surface area contributed by atoms with Crippen LogP contribution < -0.4 is 5.32 Å². The Bertz CT molecular complexity index is 1020. The second-order valence-corrected chi connectivity index (χ2v) is 8.58. The van der Waals surface area contributed by atoms with Gasteiger partial charge in [0.25, 0.3) is 5.91 Å². The molecule has 0 aliphatic carbocycles. The number of likely N-dealkylation sites (tertiary alicyclic amines) is 1. The Kier molecular flexibility index (Phi) is 6.56. The van der Waals surface area contributed by atoms with E-state index in [9.17, 15) is 4.79 Å². The van der Waals surface area contributed by atoms with Crippen LogP contribution in [0.2, 0.25) is 0 Å². The van der Waals surface area contributed by atoms with Crippen LogP contribution in [0.15, 0.2) is 47.1 Å². The van der Waals surface area contributed by atoms with Crippen LogP contribution in [0.4, 0.5) is 0 Å². The molecule has 6 nitrogen and oxygen atoms in total. The predicted molar refractivity (Wildman–Crippen MR) is 123 cm³/mol. The first-order valence-electron chi connectivity index (χ1n) is 11.3. The lowest BCUT2D eigenvalue weighted by molar-refractivity contribution is 0.0941. The highest BCUT2D eigenvalue weighted by Crippen LogP contribution is 2.24. The van der Waals surface area contributed by atoms with Crippen molar-refractivity contribution in [1.82, 2.24) is 20.0 Å². The van der Waals surface area contributed by atoms with Crippen molar-refractivity contribution < 1.29 is 9.21 Å². The largest absolute Gasteiger partial charge is 0.463 e. The number of furan rings is 1. The number of carbonyl (C=O) groups is 1. The second kappa shape index (κ2) is 9.52. The monoisotopic (exact) mass is 420 g/mol. The van der Waals surface area contributed by atoms with E-state index < -0.39 is 0 Å². The number of rotatable bonds is 7. The fourth-order valence-corrected chi connectivity index (χ4v) is 4.28. The number of hydrogen-bond donors (Lipinski definition) is 1. The Balaban J connectivity index is 1.50. The molecular weight excluding hydrogens is 388 g/mol. The number of nitrogens with one attached hydrogen (secondary N) is 1. The zero-order chi connectivity index (χ0) is 21.8. The van der Waals surface area contributed by atoms with Gasteiger partial charge >= 0.3 is 0 Å². The molecule has 3 heterocycles. The number of aryl methyl sites for hydroxylation is 2. The Hall–Kier alpha value is -2.86. The van der Waals surface area contributed by atoms with Gasteiger partial charge in [-0.05, 0) is 75.9 Å². The first kappa shape index (κ1) is 21.4. The Morgan fingerprint density at radius 2 is 2.10 bits per heavy atom. The fourth-order valence-electron chi connectivity index (χ4n) is 4.28. The van der Waals surface area contributed by atoms with E-state index in [-0.39, 0.29) is 5.91 Å². The molecular formula is C25H32N4O2. The molecule has 1 amide bonds. The molecule has 1 aliphatic heterocycles. The molecule has 1 aliphatic rings. The van der Waals surface area contributed by atoms with Crippen molar-refractivity contribution in [2.24, 2.45) is 0 Å². The Labute approximate surface area is 184 Å². The van der Waals surface area contributed by atoms with Gasteiger partial charge in [0, 0.05) is 25.2 Å². The summed E-state index contributed by atoms with van der Waals surface area (Å²) in [5, 5.41) is 7.81. The van der Waals surface area contributed by atoms with Crippen molar-refractivity contribution >= 4 is 5.91 Å². The van der Waals surface area contributed by atoms with Crippen LogP contribution in [-0.2, 0) is 0 Å². The van der Waals surface area contributed by atoms with E-state index in [4.69, 9.17) is 9.52 Å². The van der Waals surface area contributed by atoms with Gasteiger partial charge < -0.3 is 14.6 Å². The van der Waals surface area contributed by atoms with Gasteiger partial charge in [-0.15, -0.1) is 0 Å². The molecule has 1 atom stereocenters. The third kappa shape index (κ3) is 4.90. The van der Waals surface area contributed by atoms with E-state index in [0.29, 0.717) is 29.7 Å². The maximum atomic E-state index is 13.1. The molecule has 4 rings (SSSR count). The molecule has 164 valence electrons. The Morgan fingerprint density at radius 1 is 1.23 bits per heavy atom. The van der Waals surface area contributed by atoms with Crippen LogP contribution in [0.1, 0.15) is 54.2 Å². The zero-order valence-electron chi connectivity index (χ0n) is 18.7. The number of amides is 1. The lowest BCUT2D eigenvalue weighted by Gasteiger charge is -2.33. The van der Waals surface area contributed by atoms with Crippen LogP contribution in [0.5, 0.6) is 0 Å². The van der Waals surface area contributed by atoms with Crippen LogP contribution in [0, 0.1) is 13.8 Å². The molecule has 0 saturated carbocycles. The van der Waals surface area contributed by atoms with Crippen molar-refractivity contribution in [3.05, 3.63) is 59.5 Å². The average Bonchev–Trinajstić information content (AvgIpc) is 3.44. The molecule has 0 bridgehead atoms. The SMILES string of the molecule is Cc1ccc(C)c(-n2nc(-c3ccco3)cc2C(=O)NCCCN2CCCC[C@@H]2C)c1. The third-order valence-electron chi connectivity index (χ3n) is 6.16. The summed E-state index contributed by atoms with van der Waals surface area (Å²) in [6.07, 6.45) is 6.44. The van der Waals surface area contributed by atoms with E-state index in [1.165, 1.54) is 25.8 Å². The summed E-state index contributed by atoms with van der Waals surface area (Å²) in [6.45, 7) is 9.22. The molecule has 2 aromatic heterocycles. The number of aromatic nitrogens is 2. The summed E-state index contributed by atoms with van der Waals surface area (Å²) in [6, 6.07) is 12.3. The van der Waals surface area contributed by atoms with E-state index in [1.54, 1.807) is 10.9 Å². The van der Waals surface area contributed by atoms with Crippen molar-refractivity contribution in [2.75, 3.05) is 19.6 Å². The van der Waals surface area contributed by atoms with E-state index in [0.717, 1.165) is 29.8 Å².